The van der Waals surface area contributed by atoms with E-state index >= 15 is 0 Å². The van der Waals surface area contributed by atoms with Gasteiger partial charge in [0, 0.05) is 35.1 Å². The molecule has 4 rings (SSSR count). The lowest BCUT2D eigenvalue weighted by atomic mass is 10.1. The van der Waals surface area contributed by atoms with Crippen LogP contribution in [0.1, 0.15) is 46.7 Å². The topological polar surface area (TPSA) is 78.4 Å². The van der Waals surface area contributed by atoms with Crippen molar-refractivity contribution in [2.24, 2.45) is 0 Å². The molecule has 9 heteroatoms. The van der Waals surface area contributed by atoms with Gasteiger partial charge in [-0.1, -0.05) is 13.0 Å². The molecule has 7 nitrogen and oxygen atoms in total. The van der Waals surface area contributed by atoms with Gasteiger partial charge in [0.15, 0.2) is 5.13 Å². The zero-order chi connectivity index (χ0) is 22.7. The third-order valence-corrected chi connectivity index (χ3v) is 6.93. The number of hydrogen-bond donors (Lipinski definition) is 1. The highest BCUT2D eigenvalue weighted by Crippen LogP contribution is 2.33. The summed E-state index contributed by atoms with van der Waals surface area (Å²) in [4.78, 5) is 39.4. The van der Waals surface area contributed by atoms with Crippen LogP contribution in [0.15, 0.2) is 46.9 Å². The van der Waals surface area contributed by atoms with E-state index in [2.05, 4.69) is 34.0 Å². The smallest absolute Gasteiger partial charge is 0.275 e. The molecule has 2 amide bonds. The number of hydrogen-bond acceptors (Lipinski definition) is 7. The van der Waals surface area contributed by atoms with Gasteiger partial charge in [0.1, 0.15) is 5.69 Å². The fourth-order valence-corrected chi connectivity index (χ4v) is 4.96. The highest BCUT2D eigenvalue weighted by atomic mass is 32.2. The Kier molecular flexibility index (Phi) is 6.76. The first-order valence-corrected chi connectivity index (χ1v) is 12.6. The first-order chi connectivity index (χ1) is 15.5. The summed E-state index contributed by atoms with van der Waals surface area (Å²) in [6.45, 7) is 6.39. The minimum Gasteiger partial charge on any atom is -0.370 e. The molecule has 0 saturated carbocycles. The third-order valence-electron chi connectivity index (χ3n) is 5.34. The molecule has 0 bridgehead atoms. The number of thiazole rings is 1. The zero-order valence-corrected chi connectivity index (χ0v) is 19.9. The number of anilines is 3. The van der Waals surface area contributed by atoms with Crippen molar-refractivity contribution >= 4 is 51.4 Å². The van der Waals surface area contributed by atoms with Gasteiger partial charge in [-0.15, -0.1) is 23.1 Å². The van der Waals surface area contributed by atoms with Gasteiger partial charge in [0.05, 0.1) is 24.1 Å². The Balaban J connectivity index is 1.52. The molecule has 0 unspecified atom stereocenters. The number of nitrogens with one attached hydrogen (secondary N) is 1. The summed E-state index contributed by atoms with van der Waals surface area (Å²) >= 11 is 2.90. The molecular weight excluding hydrogens is 442 g/mol. The van der Waals surface area contributed by atoms with Gasteiger partial charge in [0.2, 0.25) is 0 Å². The maximum absolute atomic E-state index is 12.9. The van der Waals surface area contributed by atoms with E-state index in [0.29, 0.717) is 22.9 Å². The molecule has 2 aromatic heterocycles. The van der Waals surface area contributed by atoms with Gasteiger partial charge in [-0.3, -0.25) is 19.5 Å². The molecule has 1 aromatic carbocycles. The molecule has 0 spiro atoms. The molecule has 0 saturated heterocycles. The summed E-state index contributed by atoms with van der Waals surface area (Å²) in [6, 6.07) is 7.83. The van der Waals surface area contributed by atoms with E-state index in [0.717, 1.165) is 35.7 Å². The second kappa shape index (κ2) is 9.70. The zero-order valence-electron chi connectivity index (χ0n) is 18.3. The normalized spacial score (nSPS) is 12.7. The van der Waals surface area contributed by atoms with E-state index in [4.69, 9.17) is 0 Å². The number of aromatic nitrogens is 2. The van der Waals surface area contributed by atoms with Crippen molar-refractivity contribution < 1.29 is 9.59 Å². The van der Waals surface area contributed by atoms with Gasteiger partial charge >= 0.3 is 0 Å². The van der Waals surface area contributed by atoms with Crippen LogP contribution in [0.25, 0.3) is 0 Å². The minimum absolute atomic E-state index is 0.0788. The Hall–Kier alpha value is -2.91. The average molecular weight is 468 g/mol. The highest BCUT2D eigenvalue weighted by Gasteiger charge is 2.31. The van der Waals surface area contributed by atoms with E-state index in [-0.39, 0.29) is 17.5 Å². The van der Waals surface area contributed by atoms with E-state index in [9.17, 15) is 9.59 Å². The van der Waals surface area contributed by atoms with Crippen molar-refractivity contribution in [1.29, 1.82) is 0 Å². The fraction of sp³-hybridized carbons (Fsp3) is 0.304. The van der Waals surface area contributed by atoms with Gasteiger partial charge in [-0.25, -0.2) is 4.98 Å². The number of carbonyl (C=O) groups is 2. The van der Waals surface area contributed by atoms with Crippen LogP contribution in [0.3, 0.4) is 0 Å². The predicted octanol–water partition coefficient (Wildman–Crippen LogP) is 4.91. The number of fused-ring (bicyclic) bond motifs is 1. The summed E-state index contributed by atoms with van der Waals surface area (Å²) in [5.74, 6) is -0.395. The fourth-order valence-electron chi connectivity index (χ4n) is 3.72. The van der Waals surface area contributed by atoms with Gasteiger partial charge in [0.25, 0.3) is 11.8 Å². The lowest BCUT2D eigenvalue weighted by Gasteiger charge is -2.24. The van der Waals surface area contributed by atoms with Crippen LogP contribution in [0, 0.1) is 0 Å². The van der Waals surface area contributed by atoms with E-state index in [1.807, 2.05) is 30.5 Å². The Labute approximate surface area is 195 Å². The van der Waals surface area contributed by atoms with Gasteiger partial charge in [-0.2, -0.15) is 0 Å². The molecule has 0 fully saturated rings. The van der Waals surface area contributed by atoms with Crippen LogP contribution in [0.4, 0.5) is 16.5 Å². The van der Waals surface area contributed by atoms with Crippen molar-refractivity contribution in [3.8, 4) is 0 Å². The van der Waals surface area contributed by atoms with Gasteiger partial charge < -0.3 is 10.2 Å². The molecule has 32 heavy (non-hydrogen) atoms. The number of thioether (sulfide) groups is 1. The number of rotatable bonds is 8. The van der Waals surface area contributed by atoms with Crippen LogP contribution in [-0.4, -0.2) is 41.1 Å². The number of nitrogens with zero attached hydrogens (tertiary/aromatic N) is 4. The number of benzene rings is 1. The Morgan fingerprint density at radius 3 is 2.91 bits per heavy atom. The van der Waals surface area contributed by atoms with Crippen LogP contribution in [0.2, 0.25) is 0 Å². The molecule has 166 valence electrons. The van der Waals surface area contributed by atoms with Crippen molar-refractivity contribution in [3.63, 3.8) is 0 Å². The van der Waals surface area contributed by atoms with E-state index < -0.39 is 0 Å². The first kappa shape index (κ1) is 22.3. The Bertz CT molecular complexity index is 1150. The molecule has 1 N–H and O–H groups in total. The highest BCUT2D eigenvalue weighted by molar-refractivity contribution is 7.98. The SMILES string of the molecule is CCCN(CC)c1ccncc1NC(=O)c1csc(N2Cc3ccc(SC)cc3C2=O)n1. The molecule has 0 aliphatic carbocycles. The molecule has 0 atom stereocenters. The van der Waals surface area contributed by atoms with Crippen LogP contribution in [-0.2, 0) is 6.54 Å². The lowest BCUT2D eigenvalue weighted by Crippen LogP contribution is -2.25. The van der Waals surface area contributed by atoms with Crippen molar-refractivity contribution in [3.05, 3.63) is 58.9 Å². The molecule has 1 aliphatic heterocycles. The van der Waals surface area contributed by atoms with Crippen molar-refractivity contribution in [2.45, 2.75) is 31.7 Å². The first-order valence-electron chi connectivity index (χ1n) is 10.5. The maximum atomic E-state index is 12.9. The summed E-state index contributed by atoms with van der Waals surface area (Å²) in [7, 11) is 0. The molecule has 3 heterocycles. The van der Waals surface area contributed by atoms with E-state index in [1.54, 1.807) is 34.4 Å². The third kappa shape index (κ3) is 4.35. The van der Waals surface area contributed by atoms with Crippen molar-refractivity contribution in [2.75, 3.05) is 34.5 Å². The molecule has 1 aliphatic rings. The van der Waals surface area contributed by atoms with Crippen LogP contribution < -0.4 is 15.1 Å². The number of amides is 2. The predicted molar refractivity (Wildman–Crippen MR) is 131 cm³/mol. The summed E-state index contributed by atoms with van der Waals surface area (Å²) < 4.78 is 0. The maximum Gasteiger partial charge on any atom is 0.275 e. The standard InChI is InChI=1S/C23H25N5O2S2/c1-4-10-27(5-2)20-8-9-24-12-18(20)25-21(29)19-14-32-23(26-19)28-13-15-6-7-16(31-3)11-17(15)22(28)30/h6-9,11-12,14H,4-5,10,13H2,1-3H3,(H,25,29). The molecule has 0 radical (unpaired) electrons. The molecule has 3 aromatic rings. The average Bonchev–Trinajstić information content (AvgIpc) is 3.43. The quantitative estimate of drug-likeness (QED) is 0.474. The van der Waals surface area contributed by atoms with E-state index in [1.165, 1.54) is 11.3 Å². The second-order valence-electron chi connectivity index (χ2n) is 7.36. The number of pyridine rings is 1. The Morgan fingerprint density at radius 1 is 1.31 bits per heavy atom. The monoisotopic (exact) mass is 467 g/mol. The summed E-state index contributed by atoms with van der Waals surface area (Å²) in [5.41, 5.74) is 3.55. The number of carbonyl (C=O) groups excluding carboxylic acids is 2. The van der Waals surface area contributed by atoms with Crippen molar-refractivity contribution in [1.82, 2.24) is 9.97 Å². The largest absolute Gasteiger partial charge is 0.370 e. The molecular formula is C23H25N5O2S2. The van der Waals surface area contributed by atoms with Crippen LogP contribution >= 0.6 is 23.1 Å². The second-order valence-corrected chi connectivity index (χ2v) is 9.07. The Morgan fingerprint density at radius 2 is 2.16 bits per heavy atom. The lowest BCUT2D eigenvalue weighted by molar-refractivity contribution is 0.0991. The van der Waals surface area contributed by atoms with Gasteiger partial charge in [-0.05, 0) is 43.4 Å². The minimum atomic E-state index is -0.317. The summed E-state index contributed by atoms with van der Waals surface area (Å²) in [5, 5.41) is 5.15. The van der Waals surface area contributed by atoms with Crippen LogP contribution in [0.5, 0.6) is 0 Å². The summed E-state index contributed by atoms with van der Waals surface area (Å²) in [6.07, 6.45) is 6.37.